The third-order valence-electron chi connectivity index (χ3n) is 0.919. The van der Waals surface area contributed by atoms with E-state index in [0.717, 1.165) is 5.69 Å². The summed E-state index contributed by atoms with van der Waals surface area (Å²) in [7, 11) is 0. The first-order valence-corrected chi connectivity index (χ1v) is 3.05. The number of aryl methyl sites for hydroxylation is 1. The van der Waals surface area contributed by atoms with Crippen LogP contribution in [0.3, 0.4) is 0 Å². The van der Waals surface area contributed by atoms with Crippen molar-refractivity contribution in [3.63, 3.8) is 0 Å². The second-order valence-corrected chi connectivity index (χ2v) is 1.91. The van der Waals surface area contributed by atoms with Crippen LogP contribution in [0.5, 0.6) is 0 Å². The predicted molar refractivity (Wildman–Crippen MR) is 39.5 cm³/mol. The van der Waals surface area contributed by atoms with E-state index in [2.05, 4.69) is 22.2 Å². The zero-order chi connectivity index (χ0) is 6.69. The molecule has 0 saturated heterocycles. The van der Waals surface area contributed by atoms with E-state index in [9.17, 15) is 0 Å². The van der Waals surface area contributed by atoms with Crippen LogP contribution in [0.15, 0.2) is 12.3 Å². The zero-order valence-corrected chi connectivity index (χ0v) is 5.85. The Balaban J connectivity index is 3.07. The number of hydrogen-bond donors (Lipinski definition) is 0. The van der Waals surface area contributed by atoms with Gasteiger partial charge in [0.25, 0.3) is 0 Å². The van der Waals surface area contributed by atoms with Gasteiger partial charge in [-0.1, -0.05) is 12.2 Å². The van der Waals surface area contributed by atoms with Crippen molar-refractivity contribution >= 4 is 17.6 Å². The summed E-state index contributed by atoms with van der Waals surface area (Å²) in [4.78, 5) is 7.91. The first kappa shape index (κ1) is 6.29. The fourth-order valence-electron chi connectivity index (χ4n) is 0.525. The first-order valence-electron chi connectivity index (χ1n) is 2.58. The summed E-state index contributed by atoms with van der Waals surface area (Å²) < 4.78 is 0. The molecule has 0 aliphatic carbocycles. The van der Waals surface area contributed by atoms with Crippen molar-refractivity contribution in [2.24, 2.45) is 0 Å². The van der Waals surface area contributed by atoms with Gasteiger partial charge in [-0.2, -0.15) is 0 Å². The molecule has 0 atom stereocenters. The van der Waals surface area contributed by atoms with Crippen LogP contribution in [0.25, 0.3) is 0 Å². The topological polar surface area (TPSA) is 25.8 Å². The molecule has 0 N–H and O–H groups in total. The van der Waals surface area contributed by atoms with Crippen molar-refractivity contribution in [1.82, 2.24) is 9.97 Å². The molecule has 0 aliphatic heterocycles. The highest BCUT2D eigenvalue weighted by Crippen LogP contribution is 1.89. The van der Waals surface area contributed by atoms with Crippen molar-refractivity contribution in [1.29, 1.82) is 0 Å². The third kappa shape index (κ3) is 1.54. The van der Waals surface area contributed by atoms with Gasteiger partial charge >= 0.3 is 0 Å². The summed E-state index contributed by atoms with van der Waals surface area (Å²) >= 11 is 4.63. The Morgan fingerprint density at radius 3 is 2.89 bits per heavy atom. The number of nitrogens with zero attached hydrogens (tertiary/aromatic N) is 2. The molecule has 46 valence electrons. The Morgan fingerprint density at radius 2 is 2.44 bits per heavy atom. The van der Waals surface area contributed by atoms with E-state index in [1.54, 1.807) is 6.20 Å². The quantitative estimate of drug-likeness (QED) is 0.544. The Bertz CT molecular complexity index is 222. The first-order chi connectivity index (χ1) is 4.33. The second kappa shape index (κ2) is 2.64. The molecular formula is C6H6N2S. The van der Waals surface area contributed by atoms with E-state index < -0.39 is 0 Å². The van der Waals surface area contributed by atoms with Crippen LogP contribution in [0.4, 0.5) is 0 Å². The maximum Gasteiger partial charge on any atom is 0.162 e. The zero-order valence-electron chi connectivity index (χ0n) is 5.03. The lowest BCUT2D eigenvalue weighted by molar-refractivity contribution is 1.09. The predicted octanol–water partition coefficient (Wildman–Crippen LogP) is 1.13. The minimum absolute atomic E-state index is 0.616. The molecule has 0 saturated carbocycles. The summed E-state index contributed by atoms with van der Waals surface area (Å²) in [6.45, 7) is 1.91. The monoisotopic (exact) mass is 138 g/mol. The highest BCUT2D eigenvalue weighted by atomic mass is 32.1. The molecule has 1 rings (SSSR count). The standard InChI is InChI=1S/C6H6N2S/c1-5-2-3-7-6(4-9)8-5/h2-4H,1H3. The number of aromatic nitrogens is 2. The Kier molecular flexibility index (Phi) is 1.85. The van der Waals surface area contributed by atoms with Crippen molar-refractivity contribution < 1.29 is 0 Å². The van der Waals surface area contributed by atoms with Gasteiger partial charge in [-0.15, -0.1) is 0 Å². The van der Waals surface area contributed by atoms with Gasteiger partial charge in [0.2, 0.25) is 0 Å². The Morgan fingerprint density at radius 1 is 1.67 bits per heavy atom. The molecular weight excluding hydrogens is 132 g/mol. The summed E-state index contributed by atoms with van der Waals surface area (Å²) in [5, 5.41) is 1.47. The Labute approximate surface area is 59.0 Å². The molecule has 0 unspecified atom stereocenters. The molecule has 1 aromatic rings. The van der Waals surface area contributed by atoms with Crippen LogP contribution in [0, 0.1) is 6.92 Å². The molecule has 9 heavy (non-hydrogen) atoms. The van der Waals surface area contributed by atoms with Gasteiger partial charge < -0.3 is 0 Å². The normalized spacial score (nSPS) is 9.00. The smallest absolute Gasteiger partial charge is 0.162 e. The SMILES string of the molecule is Cc1ccnc(C=S)n1. The van der Waals surface area contributed by atoms with Crippen molar-refractivity contribution in [3.8, 4) is 0 Å². The van der Waals surface area contributed by atoms with Crippen LogP contribution in [0.1, 0.15) is 11.5 Å². The fraction of sp³-hybridized carbons (Fsp3) is 0.167. The highest BCUT2D eigenvalue weighted by Gasteiger charge is 1.87. The van der Waals surface area contributed by atoms with Crippen LogP contribution >= 0.6 is 12.2 Å². The van der Waals surface area contributed by atoms with Gasteiger partial charge in [0.15, 0.2) is 5.82 Å². The van der Waals surface area contributed by atoms with Gasteiger partial charge in [0.05, 0.1) is 0 Å². The number of thiocarbonyl (C=S) groups is 1. The largest absolute Gasteiger partial charge is 0.236 e. The van der Waals surface area contributed by atoms with E-state index in [1.807, 2.05) is 13.0 Å². The van der Waals surface area contributed by atoms with E-state index in [1.165, 1.54) is 5.37 Å². The second-order valence-electron chi connectivity index (χ2n) is 1.67. The summed E-state index contributed by atoms with van der Waals surface area (Å²) in [5.41, 5.74) is 0.945. The highest BCUT2D eigenvalue weighted by molar-refractivity contribution is 7.79. The lowest BCUT2D eigenvalue weighted by atomic mass is 10.4. The van der Waals surface area contributed by atoms with E-state index >= 15 is 0 Å². The minimum atomic E-state index is 0.616. The van der Waals surface area contributed by atoms with Gasteiger partial charge in [-0.25, -0.2) is 9.97 Å². The van der Waals surface area contributed by atoms with Crippen LogP contribution in [0.2, 0.25) is 0 Å². The van der Waals surface area contributed by atoms with E-state index in [-0.39, 0.29) is 0 Å². The molecule has 2 nitrogen and oxygen atoms in total. The molecule has 0 spiro atoms. The molecule has 0 fully saturated rings. The average molecular weight is 138 g/mol. The lowest BCUT2D eigenvalue weighted by Gasteiger charge is -1.89. The summed E-state index contributed by atoms with van der Waals surface area (Å²) in [5.74, 6) is 0.616. The maximum absolute atomic E-state index is 4.63. The summed E-state index contributed by atoms with van der Waals surface area (Å²) in [6.07, 6.45) is 1.69. The average Bonchev–Trinajstić information content (AvgIpc) is 1.88. The van der Waals surface area contributed by atoms with Gasteiger partial charge in [0.1, 0.15) is 0 Å². The van der Waals surface area contributed by atoms with E-state index in [4.69, 9.17) is 0 Å². The van der Waals surface area contributed by atoms with Crippen molar-refractivity contribution in [2.45, 2.75) is 6.92 Å². The molecule has 0 aromatic carbocycles. The van der Waals surface area contributed by atoms with E-state index in [0.29, 0.717) is 5.82 Å². The van der Waals surface area contributed by atoms with Gasteiger partial charge in [-0.05, 0) is 13.0 Å². The molecule has 0 amide bonds. The molecule has 0 bridgehead atoms. The lowest BCUT2D eigenvalue weighted by Crippen LogP contribution is -1.91. The molecule has 1 heterocycles. The number of rotatable bonds is 1. The molecule has 1 aromatic heterocycles. The summed E-state index contributed by atoms with van der Waals surface area (Å²) in [6, 6.07) is 1.84. The van der Waals surface area contributed by atoms with Gasteiger partial charge in [-0.3, -0.25) is 0 Å². The maximum atomic E-state index is 4.63. The fourth-order valence-corrected chi connectivity index (χ4v) is 0.639. The van der Waals surface area contributed by atoms with Crippen LogP contribution in [-0.2, 0) is 0 Å². The molecule has 0 radical (unpaired) electrons. The number of hydrogen-bond acceptors (Lipinski definition) is 3. The van der Waals surface area contributed by atoms with Crippen LogP contribution in [-0.4, -0.2) is 15.3 Å². The Hall–Kier alpha value is -0.830. The van der Waals surface area contributed by atoms with Gasteiger partial charge in [0, 0.05) is 17.3 Å². The van der Waals surface area contributed by atoms with Crippen LogP contribution < -0.4 is 0 Å². The molecule has 0 aliphatic rings. The third-order valence-corrected chi connectivity index (χ3v) is 1.13. The molecule has 3 heteroatoms. The van der Waals surface area contributed by atoms with Crippen molar-refractivity contribution in [3.05, 3.63) is 23.8 Å². The minimum Gasteiger partial charge on any atom is -0.236 e. The van der Waals surface area contributed by atoms with Crippen molar-refractivity contribution in [2.75, 3.05) is 0 Å².